The Kier molecular flexibility index (Phi) is 5.21. The van der Waals surface area contributed by atoms with Gasteiger partial charge in [0.05, 0.1) is 11.7 Å². The van der Waals surface area contributed by atoms with Gasteiger partial charge in [0.1, 0.15) is 5.69 Å². The lowest BCUT2D eigenvalue weighted by Gasteiger charge is -2.30. The molecule has 0 aliphatic rings. The summed E-state index contributed by atoms with van der Waals surface area (Å²) in [7, 11) is 1.82. The van der Waals surface area contributed by atoms with Crippen molar-refractivity contribution in [2.24, 2.45) is 7.05 Å². The number of aryl methyl sites for hydroxylation is 3. The van der Waals surface area contributed by atoms with Gasteiger partial charge < -0.3 is 4.90 Å². The Labute approximate surface area is 155 Å². The number of benzene rings is 2. The molecular weight excluding hydrogens is 322 g/mol. The van der Waals surface area contributed by atoms with Crippen LogP contribution in [0, 0.1) is 13.8 Å². The molecule has 26 heavy (non-hydrogen) atoms. The third kappa shape index (κ3) is 3.69. The molecule has 0 fully saturated rings. The van der Waals surface area contributed by atoms with Gasteiger partial charge in [0.25, 0.3) is 5.91 Å². The highest BCUT2D eigenvalue weighted by molar-refractivity contribution is 5.93. The second-order valence-corrected chi connectivity index (χ2v) is 6.74. The van der Waals surface area contributed by atoms with E-state index >= 15 is 0 Å². The standard InChI is InChI=1S/C22H25N3O/c1-16-10-8-9-13-20(16)15-25(18(3)19-11-6-5-7-12-19)22(26)21-14-17(2)23-24(21)4/h5-14,18H,15H2,1-4H3. The number of nitrogens with zero attached hydrogens (tertiary/aromatic N) is 3. The minimum Gasteiger partial charge on any atom is -0.326 e. The van der Waals surface area contributed by atoms with Crippen LogP contribution in [-0.2, 0) is 13.6 Å². The molecule has 0 bridgehead atoms. The summed E-state index contributed by atoms with van der Waals surface area (Å²) >= 11 is 0. The van der Waals surface area contributed by atoms with Gasteiger partial charge in [-0.25, -0.2) is 0 Å². The fraction of sp³-hybridized carbons (Fsp3) is 0.273. The van der Waals surface area contributed by atoms with Crippen molar-refractivity contribution >= 4 is 5.91 Å². The largest absolute Gasteiger partial charge is 0.326 e. The number of aromatic nitrogens is 2. The smallest absolute Gasteiger partial charge is 0.272 e. The van der Waals surface area contributed by atoms with Crippen LogP contribution in [0.2, 0.25) is 0 Å². The third-order valence-electron chi connectivity index (χ3n) is 4.83. The van der Waals surface area contributed by atoms with Crippen LogP contribution in [0.4, 0.5) is 0 Å². The summed E-state index contributed by atoms with van der Waals surface area (Å²) < 4.78 is 1.67. The Morgan fingerprint density at radius 3 is 2.35 bits per heavy atom. The average Bonchev–Trinajstić information content (AvgIpc) is 2.99. The second-order valence-electron chi connectivity index (χ2n) is 6.74. The van der Waals surface area contributed by atoms with E-state index in [0.29, 0.717) is 12.2 Å². The van der Waals surface area contributed by atoms with Crippen LogP contribution in [0.3, 0.4) is 0 Å². The fourth-order valence-electron chi connectivity index (χ4n) is 3.23. The van der Waals surface area contributed by atoms with Crippen molar-refractivity contribution in [1.82, 2.24) is 14.7 Å². The summed E-state index contributed by atoms with van der Waals surface area (Å²) in [5, 5.41) is 4.34. The van der Waals surface area contributed by atoms with Crippen molar-refractivity contribution in [3.63, 3.8) is 0 Å². The highest BCUT2D eigenvalue weighted by atomic mass is 16.2. The topological polar surface area (TPSA) is 38.1 Å². The molecule has 0 spiro atoms. The van der Waals surface area contributed by atoms with Gasteiger partial charge in [-0.15, -0.1) is 0 Å². The fourth-order valence-corrected chi connectivity index (χ4v) is 3.23. The van der Waals surface area contributed by atoms with E-state index in [1.807, 2.05) is 55.3 Å². The van der Waals surface area contributed by atoms with E-state index < -0.39 is 0 Å². The van der Waals surface area contributed by atoms with Crippen LogP contribution < -0.4 is 0 Å². The van der Waals surface area contributed by atoms with Gasteiger partial charge in [0.2, 0.25) is 0 Å². The molecule has 134 valence electrons. The maximum absolute atomic E-state index is 13.4. The average molecular weight is 347 g/mol. The van der Waals surface area contributed by atoms with Crippen molar-refractivity contribution in [2.75, 3.05) is 0 Å². The van der Waals surface area contributed by atoms with Crippen molar-refractivity contribution in [1.29, 1.82) is 0 Å². The molecule has 3 rings (SSSR count). The molecule has 0 saturated heterocycles. The maximum Gasteiger partial charge on any atom is 0.272 e. The normalized spacial score (nSPS) is 12.0. The van der Waals surface area contributed by atoms with Crippen molar-refractivity contribution in [2.45, 2.75) is 33.4 Å². The van der Waals surface area contributed by atoms with E-state index in [9.17, 15) is 4.79 Å². The Morgan fingerprint density at radius 1 is 1.08 bits per heavy atom. The highest BCUT2D eigenvalue weighted by Gasteiger charge is 2.25. The van der Waals surface area contributed by atoms with Gasteiger partial charge in [0, 0.05) is 13.6 Å². The predicted molar refractivity (Wildman–Crippen MR) is 104 cm³/mol. The zero-order valence-corrected chi connectivity index (χ0v) is 15.8. The van der Waals surface area contributed by atoms with E-state index in [0.717, 1.165) is 16.8 Å². The van der Waals surface area contributed by atoms with Crippen LogP contribution in [-0.4, -0.2) is 20.6 Å². The Hall–Kier alpha value is -2.88. The number of hydrogen-bond acceptors (Lipinski definition) is 2. The summed E-state index contributed by atoms with van der Waals surface area (Å²) in [6, 6.07) is 20.2. The van der Waals surface area contributed by atoms with E-state index in [1.54, 1.807) is 4.68 Å². The quantitative estimate of drug-likeness (QED) is 0.684. The molecule has 3 aromatic rings. The minimum atomic E-state index is -0.0430. The molecule has 0 aliphatic heterocycles. The lowest BCUT2D eigenvalue weighted by molar-refractivity contribution is 0.0662. The van der Waals surface area contributed by atoms with Gasteiger partial charge in [-0.3, -0.25) is 9.48 Å². The first-order valence-electron chi connectivity index (χ1n) is 8.88. The number of amides is 1. The zero-order chi connectivity index (χ0) is 18.7. The molecule has 4 nitrogen and oxygen atoms in total. The number of hydrogen-bond donors (Lipinski definition) is 0. The predicted octanol–water partition coefficient (Wildman–Crippen LogP) is 4.44. The SMILES string of the molecule is Cc1cc(C(=O)N(Cc2ccccc2C)C(C)c2ccccc2)n(C)n1. The molecule has 1 atom stereocenters. The minimum absolute atomic E-state index is 0.00675. The molecule has 1 unspecified atom stereocenters. The molecule has 0 saturated carbocycles. The summed E-state index contributed by atoms with van der Waals surface area (Å²) in [5.41, 5.74) is 4.92. The lowest BCUT2D eigenvalue weighted by Crippen LogP contribution is -2.34. The first-order chi connectivity index (χ1) is 12.5. The van der Waals surface area contributed by atoms with Crippen LogP contribution in [0.5, 0.6) is 0 Å². The second kappa shape index (κ2) is 7.56. The summed E-state index contributed by atoms with van der Waals surface area (Å²) in [5.74, 6) is -0.00675. The lowest BCUT2D eigenvalue weighted by atomic mass is 10.0. The van der Waals surface area contributed by atoms with Gasteiger partial charge >= 0.3 is 0 Å². The maximum atomic E-state index is 13.4. The van der Waals surface area contributed by atoms with Gasteiger partial charge in [-0.1, -0.05) is 54.6 Å². The van der Waals surface area contributed by atoms with E-state index in [4.69, 9.17) is 0 Å². The van der Waals surface area contributed by atoms with Crippen molar-refractivity contribution in [3.8, 4) is 0 Å². The van der Waals surface area contributed by atoms with Crippen LogP contribution in [0.15, 0.2) is 60.7 Å². The summed E-state index contributed by atoms with van der Waals surface area (Å²) in [6.07, 6.45) is 0. The Bertz CT molecular complexity index is 899. The van der Waals surface area contributed by atoms with E-state index in [-0.39, 0.29) is 11.9 Å². The molecular formula is C22H25N3O. The van der Waals surface area contributed by atoms with Gasteiger partial charge in [0.15, 0.2) is 0 Å². The van der Waals surface area contributed by atoms with Gasteiger partial charge in [-0.2, -0.15) is 5.10 Å². The molecule has 0 aliphatic carbocycles. The summed E-state index contributed by atoms with van der Waals surface area (Å²) in [6.45, 7) is 6.63. The first kappa shape index (κ1) is 17.9. The molecule has 4 heteroatoms. The highest BCUT2D eigenvalue weighted by Crippen LogP contribution is 2.25. The molecule has 2 aromatic carbocycles. The van der Waals surface area contributed by atoms with E-state index in [2.05, 4.69) is 43.2 Å². The number of rotatable bonds is 5. The molecule has 1 amide bonds. The van der Waals surface area contributed by atoms with Crippen molar-refractivity contribution in [3.05, 3.63) is 88.7 Å². The Morgan fingerprint density at radius 2 is 1.73 bits per heavy atom. The monoisotopic (exact) mass is 347 g/mol. The van der Waals surface area contributed by atoms with Crippen LogP contribution in [0.25, 0.3) is 0 Å². The van der Waals surface area contributed by atoms with Crippen LogP contribution in [0.1, 0.15) is 45.8 Å². The summed E-state index contributed by atoms with van der Waals surface area (Å²) in [4.78, 5) is 15.3. The molecule has 0 N–H and O–H groups in total. The Balaban J connectivity index is 1.99. The third-order valence-corrected chi connectivity index (χ3v) is 4.83. The number of carbonyl (C=O) groups is 1. The van der Waals surface area contributed by atoms with Crippen molar-refractivity contribution < 1.29 is 4.79 Å². The molecule has 0 radical (unpaired) electrons. The van der Waals surface area contributed by atoms with E-state index in [1.165, 1.54) is 5.56 Å². The molecule has 1 heterocycles. The molecule has 1 aromatic heterocycles. The first-order valence-corrected chi connectivity index (χ1v) is 8.88. The number of carbonyl (C=O) groups excluding carboxylic acids is 1. The van der Waals surface area contributed by atoms with Gasteiger partial charge in [-0.05, 0) is 43.5 Å². The zero-order valence-electron chi connectivity index (χ0n) is 15.8. The van der Waals surface area contributed by atoms with Crippen LogP contribution >= 0.6 is 0 Å².